The van der Waals surface area contributed by atoms with Gasteiger partial charge in [-0.1, -0.05) is 5.16 Å². The first-order valence-corrected chi connectivity index (χ1v) is 3.91. The molecule has 4 nitrogen and oxygen atoms in total. The molecule has 0 N–H and O–H groups in total. The number of aromatic nitrogens is 1. The molecule has 0 aromatic carbocycles. The first kappa shape index (κ1) is 6.48. The van der Waals surface area contributed by atoms with Crippen molar-refractivity contribution < 1.29 is 9.63 Å². The molecule has 0 amide bonds. The Morgan fingerprint density at radius 2 is 2.55 bits per heavy atom. The van der Waals surface area contributed by atoms with Crippen LogP contribution in [0, 0.1) is 0 Å². The number of rotatable bonds is 1. The molecule has 5 heteroatoms. The summed E-state index contributed by atoms with van der Waals surface area (Å²) in [5, 5.41) is 6.17. The first-order chi connectivity index (χ1) is 5.36. The van der Waals surface area contributed by atoms with Crippen LogP contribution in [-0.2, 0) is 9.63 Å². The molecular formula is C6H4N2O2S. The van der Waals surface area contributed by atoms with E-state index >= 15 is 0 Å². The minimum atomic E-state index is -0.310. The molecule has 1 aliphatic rings. The van der Waals surface area contributed by atoms with Crippen LogP contribution in [-0.4, -0.2) is 16.7 Å². The van der Waals surface area contributed by atoms with Crippen molar-refractivity contribution >= 4 is 23.0 Å². The fourth-order valence-electron chi connectivity index (χ4n) is 0.788. The van der Waals surface area contributed by atoms with Gasteiger partial charge >= 0.3 is 5.97 Å². The number of thiazole rings is 1. The zero-order valence-electron chi connectivity index (χ0n) is 5.48. The van der Waals surface area contributed by atoms with Crippen LogP contribution in [0.1, 0.15) is 11.4 Å². The minimum Gasteiger partial charge on any atom is -0.317 e. The maximum atomic E-state index is 10.6. The molecule has 0 spiro atoms. The van der Waals surface area contributed by atoms with Crippen LogP contribution < -0.4 is 0 Å². The van der Waals surface area contributed by atoms with E-state index in [0.29, 0.717) is 5.71 Å². The van der Waals surface area contributed by atoms with Gasteiger partial charge in [0.1, 0.15) is 10.7 Å². The van der Waals surface area contributed by atoms with E-state index in [0.717, 1.165) is 5.01 Å². The Kier molecular flexibility index (Phi) is 1.43. The van der Waals surface area contributed by atoms with Crippen molar-refractivity contribution in [2.75, 3.05) is 0 Å². The van der Waals surface area contributed by atoms with E-state index in [4.69, 9.17) is 0 Å². The lowest BCUT2D eigenvalue weighted by Crippen LogP contribution is -1.99. The lowest BCUT2D eigenvalue weighted by molar-refractivity contribution is -0.140. The second kappa shape index (κ2) is 2.43. The molecule has 1 aromatic heterocycles. The zero-order chi connectivity index (χ0) is 7.68. The Hall–Kier alpha value is -1.23. The highest BCUT2D eigenvalue weighted by Gasteiger charge is 2.20. The number of hydrogen-bond acceptors (Lipinski definition) is 5. The second-order valence-electron chi connectivity index (χ2n) is 2.02. The van der Waals surface area contributed by atoms with Gasteiger partial charge in [0.05, 0.1) is 6.42 Å². The third-order valence-electron chi connectivity index (χ3n) is 1.25. The summed E-state index contributed by atoms with van der Waals surface area (Å²) < 4.78 is 0. The molecule has 2 rings (SSSR count). The van der Waals surface area contributed by atoms with Crippen LogP contribution in [0.5, 0.6) is 0 Å². The number of oxime groups is 1. The maximum absolute atomic E-state index is 10.6. The molecular weight excluding hydrogens is 164 g/mol. The van der Waals surface area contributed by atoms with Crippen molar-refractivity contribution in [2.24, 2.45) is 5.16 Å². The van der Waals surface area contributed by atoms with E-state index in [-0.39, 0.29) is 12.4 Å². The van der Waals surface area contributed by atoms with Crippen molar-refractivity contribution in [1.82, 2.24) is 4.98 Å². The monoisotopic (exact) mass is 168 g/mol. The van der Waals surface area contributed by atoms with Crippen LogP contribution in [0.4, 0.5) is 0 Å². The van der Waals surface area contributed by atoms with E-state index in [1.54, 1.807) is 6.20 Å². The topological polar surface area (TPSA) is 51.5 Å². The van der Waals surface area contributed by atoms with E-state index in [2.05, 4.69) is 15.0 Å². The van der Waals surface area contributed by atoms with Gasteiger partial charge in [-0.25, -0.2) is 9.78 Å². The summed E-state index contributed by atoms with van der Waals surface area (Å²) in [5.74, 6) is -0.310. The van der Waals surface area contributed by atoms with Crippen molar-refractivity contribution in [3.8, 4) is 0 Å². The Bertz CT molecular complexity index is 304. The quantitative estimate of drug-likeness (QED) is 0.582. The number of nitrogens with zero attached hydrogens (tertiary/aromatic N) is 2. The lowest BCUT2D eigenvalue weighted by atomic mass is 10.3. The van der Waals surface area contributed by atoms with E-state index in [9.17, 15) is 4.79 Å². The molecule has 1 aliphatic heterocycles. The second-order valence-corrected chi connectivity index (χ2v) is 2.91. The highest BCUT2D eigenvalue weighted by Crippen LogP contribution is 2.13. The van der Waals surface area contributed by atoms with Gasteiger partial charge in [-0.05, 0) is 0 Å². The summed E-state index contributed by atoms with van der Waals surface area (Å²) in [6, 6.07) is 0. The molecule has 2 heterocycles. The highest BCUT2D eigenvalue weighted by atomic mass is 32.1. The summed E-state index contributed by atoms with van der Waals surface area (Å²) >= 11 is 1.45. The predicted octanol–water partition coefficient (Wildman–Crippen LogP) is 0.794. The third-order valence-corrected chi connectivity index (χ3v) is 2.07. The Morgan fingerprint density at radius 3 is 3.09 bits per heavy atom. The van der Waals surface area contributed by atoms with Gasteiger partial charge in [0, 0.05) is 11.6 Å². The van der Waals surface area contributed by atoms with Gasteiger partial charge in [-0.2, -0.15) is 0 Å². The van der Waals surface area contributed by atoms with Crippen LogP contribution in [0.25, 0.3) is 0 Å². The fraction of sp³-hybridized carbons (Fsp3) is 0.167. The smallest absolute Gasteiger partial charge is 0.317 e. The summed E-state index contributed by atoms with van der Waals surface area (Å²) in [6.45, 7) is 0. The van der Waals surface area contributed by atoms with Gasteiger partial charge in [0.25, 0.3) is 0 Å². The molecule has 0 saturated carbocycles. The summed E-state index contributed by atoms with van der Waals surface area (Å²) in [6.07, 6.45) is 1.92. The van der Waals surface area contributed by atoms with Gasteiger partial charge in [0.15, 0.2) is 0 Å². The maximum Gasteiger partial charge on any atom is 0.341 e. The molecule has 0 bridgehead atoms. The van der Waals surface area contributed by atoms with Crippen LogP contribution in [0.3, 0.4) is 0 Å². The molecule has 1 aromatic rings. The summed E-state index contributed by atoms with van der Waals surface area (Å²) in [7, 11) is 0. The van der Waals surface area contributed by atoms with Crippen molar-refractivity contribution in [1.29, 1.82) is 0 Å². The molecule has 0 unspecified atom stereocenters. The molecule has 0 saturated heterocycles. The van der Waals surface area contributed by atoms with E-state index in [1.165, 1.54) is 11.3 Å². The molecule has 0 aliphatic carbocycles. The number of hydrogen-bond donors (Lipinski definition) is 0. The average Bonchev–Trinajstić information content (AvgIpc) is 2.55. The Balaban J connectivity index is 2.26. The third kappa shape index (κ3) is 1.14. The van der Waals surface area contributed by atoms with Crippen LogP contribution in [0.15, 0.2) is 16.7 Å². The van der Waals surface area contributed by atoms with E-state index in [1.807, 2.05) is 5.38 Å². The molecule has 0 radical (unpaired) electrons. The fourth-order valence-corrected chi connectivity index (χ4v) is 1.41. The average molecular weight is 168 g/mol. The zero-order valence-corrected chi connectivity index (χ0v) is 6.30. The normalized spacial score (nSPS) is 16.4. The Morgan fingerprint density at radius 1 is 1.64 bits per heavy atom. The molecule has 0 fully saturated rings. The lowest BCUT2D eigenvalue weighted by Gasteiger charge is -1.84. The van der Waals surface area contributed by atoms with Gasteiger partial charge < -0.3 is 4.84 Å². The van der Waals surface area contributed by atoms with Gasteiger partial charge in [-0.15, -0.1) is 11.3 Å². The summed E-state index contributed by atoms with van der Waals surface area (Å²) in [5.41, 5.74) is 0.630. The highest BCUT2D eigenvalue weighted by molar-refractivity contribution is 7.11. The SMILES string of the molecule is O=C1CC(c2nccs2)=NO1. The predicted molar refractivity (Wildman–Crippen MR) is 39.4 cm³/mol. The van der Waals surface area contributed by atoms with Crippen LogP contribution >= 0.6 is 11.3 Å². The number of carbonyl (C=O) groups excluding carboxylic acids is 1. The van der Waals surface area contributed by atoms with Crippen molar-refractivity contribution in [3.63, 3.8) is 0 Å². The number of carbonyl (C=O) groups is 1. The van der Waals surface area contributed by atoms with Crippen molar-refractivity contribution in [2.45, 2.75) is 6.42 Å². The molecule has 11 heavy (non-hydrogen) atoms. The largest absolute Gasteiger partial charge is 0.341 e. The van der Waals surface area contributed by atoms with Gasteiger partial charge in [-0.3, -0.25) is 0 Å². The van der Waals surface area contributed by atoms with Crippen LogP contribution in [0.2, 0.25) is 0 Å². The summed E-state index contributed by atoms with van der Waals surface area (Å²) in [4.78, 5) is 19.0. The molecule has 56 valence electrons. The minimum absolute atomic E-state index is 0.244. The Labute approximate surface area is 66.5 Å². The molecule has 0 atom stereocenters. The van der Waals surface area contributed by atoms with Gasteiger partial charge in [0.2, 0.25) is 0 Å². The van der Waals surface area contributed by atoms with E-state index < -0.39 is 0 Å². The first-order valence-electron chi connectivity index (χ1n) is 3.03. The standard InChI is InChI=1S/C6H4N2O2S/c9-5-3-4(8-10-5)6-7-1-2-11-6/h1-2H,3H2. The van der Waals surface area contributed by atoms with Crippen molar-refractivity contribution in [3.05, 3.63) is 16.6 Å².